The normalized spacial score (nSPS) is 15.3. The monoisotopic (exact) mass is 285 g/mol. The van der Waals surface area contributed by atoms with Crippen LogP contribution in [0.4, 0.5) is 17.1 Å². The molecule has 0 radical (unpaired) electrons. The number of nitro benzene ring substituents is 1. The summed E-state index contributed by atoms with van der Waals surface area (Å²) in [7, 11) is 1.72. The minimum atomic E-state index is -0.349. The zero-order valence-corrected chi connectivity index (χ0v) is 11.9. The maximum atomic E-state index is 10.9. The molecule has 0 bridgehead atoms. The fourth-order valence-corrected chi connectivity index (χ4v) is 2.41. The Morgan fingerprint density at radius 1 is 1.21 bits per heavy atom. The van der Waals surface area contributed by atoms with E-state index in [2.05, 4.69) is 10.2 Å². The highest BCUT2D eigenvalue weighted by atomic mass is 35.5. The van der Waals surface area contributed by atoms with Crippen molar-refractivity contribution in [1.29, 1.82) is 0 Å². The van der Waals surface area contributed by atoms with Crippen molar-refractivity contribution in [3.63, 3.8) is 0 Å². The molecule has 1 fully saturated rings. The first kappa shape index (κ1) is 15.6. The van der Waals surface area contributed by atoms with Crippen LogP contribution in [0.5, 0.6) is 0 Å². The average Bonchev–Trinajstić information content (AvgIpc) is 2.66. The predicted octanol–water partition coefficient (Wildman–Crippen LogP) is 3.44. The van der Waals surface area contributed by atoms with Crippen LogP contribution >= 0.6 is 12.4 Å². The van der Waals surface area contributed by atoms with Crippen molar-refractivity contribution < 1.29 is 4.92 Å². The van der Waals surface area contributed by atoms with Crippen molar-refractivity contribution >= 4 is 29.5 Å². The van der Waals surface area contributed by atoms with Gasteiger partial charge in [-0.1, -0.05) is 12.8 Å². The van der Waals surface area contributed by atoms with E-state index < -0.39 is 0 Å². The van der Waals surface area contributed by atoms with Crippen LogP contribution in [-0.4, -0.2) is 25.1 Å². The molecule has 6 heteroatoms. The van der Waals surface area contributed by atoms with E-state index in [1.165, 1.54) is 25.7 Å². The van der Waals surface area contributed by atoms with Gasteiger partial charge < -0.3 is 10.2 Å². The van der Waals surface area contributed by atoms with Crippen molar-refractivity contribution in [1.82, 2.24) is 0 Å². The quantitative estimate of drug-likeness (QED) is 0.683. The Morgan fingerprint density at radius 2 is 1.84 bits per heavy atom. The van der Waals surface area contributed by atoms with Gasteiger partial charge in [0.25, 0.3) is 5.69 Å². The summed E-state index contributed by atoms with van der Waals surface area (Å²) in [6, 6.07) is 5.32. The second-order valence-corrected chi connectivity index (χ2v) is 4.61. The minimum Gasteiger partial charge on any atom is -0.383 e. The molecule has 1 aliphatic rings. The summed E-state index contributed by atoms with van der Waals surface area (Å²) in [5.74, 6) is 0. The van der Waals surface area contributed by atoms with E-state index in [0.717, 1.165) is 18.8 Å². The molecule has 0 unspecified atom stereocenters. The maximum Gasteiger partial charge on any atom is 0.292 e. The van der Waals surface area contributed by atoms with E-state index >= 15 is 0 Å². The van der Waals surface area contributed by atoms with Gasteiger partial charge in [-0.3, -0.25) is 10.1 Å². The molecule has 1 N–H and O–H groups in total. The largest absolute Gasteiger partial charge is 0.383 e. The third-order valence-electron chi connectivity index (χ3n) is 3.42. The van der Waals surface area contributed by atoms with Crippen LogP contribution in [0.25, 0.3) is 0 Å². The van der Waals surface area contributed by atoms with Crippen molar-refractivity contribution in [2.24, 2.45) is 0 Å². The molecule has 1 aliphatic heterocycles. The van der Waals surface area contributed by atoms with Crippen LogP contribution in [0.1, 0.15) is 25.7 Å². The van der Waals surface area contributed by atoms with Gasteiger partial charge in [-0.15, -0.1) is 12.4 Å². The first-order chi connectivity index (χ1) is 8.72. The first-order valence-corrected chi connectivity index (χ1v) is 6.43. The van der Waals surface area contributed by atoms with Crippen molar-refractivity contribution in [3.8, 4) is 0 Å². The molecule has 0 aromatic heterocycles. The Kier molecular flexibility index (Phi) is 5.89. The fraction of sp³-hybridized carbons (Fsp3) is 0.538. The minimum absolute atomic E-state index is 0. The summed E-state index contributed by atoms with van der Waals surface area (Å²) in [5, 5.41) is 13.8. The summed E-state index contributed by atoms with van der Waals surface area (Å²) >= 11 is 0. The van der Waals surface area contributed by atoms with Gasteiger partial charge in [0.2, 0.25) is 0 Å². The second kappa shape index (κ2) is 7.19. The highest BCUT2D eigenvalue weighted by molar-refractivity contribution is 5.85. The van der Waals surface area contributed by atoms with E-state index in [9.17, 15) is 10.1 Å². The van der Waals surface area contributed by atoms with Crippen LogP contribution in [-0.2, 0) is 0 Å². The standard InChI is InChI=1S/C13H19N3O2.ClH/c1-14-12-10-11(6-7-13(12)16(17)18)15-8-4-2-3-5-9-15;/h6-7,10,14H,2-5,8-9H2,1H3;1H. The van der Waals surface area contributed by atoms with Crippen molar-refractivity contribution in [2.75, 3.05) is 30.4 Å². The zero-order valence-electron chi connectivity index (χ0n) is 11.1. The third kappa shape index (κ3) is 3.73. The van der Waals surface area contributed by atoms with Crippen LogP contribution in [0.15, 0.2) is 18.2 Å². The molecule has 0 saturated carbocycles. The molecule has 106 valence electrons. The van der Waals surface area contributed by atoms with Crippen LogP contribution in [0.2, 0.25) is 0 Å². The number of anilines is 2. The van der Waals surface area contributed by atoms with Crippen molar-refractivity contribution in [3.05, 3.63) is 28.3 Å². The molecule has 1 saturated heterocycles. The van der Waals surface area contributed by atoms with E-state index in [-0.39, 0.29) is 23.0 Å². The summed E-state index contributed by atoms with van der Waals surface area (Å²) in [6.07, 6.45) is 4.96. The number of nitrogens with one attached hydrogen (secondary N) is 1. The molecule has 1 aromatic rings. The highest BCUT2D eigenvalue weighted by Gasteiger charge is 2.16. The lowest BCUT2D eigenvalue weighted by Gasteiger charge is -2.23. The van der Waals surface area contributed by atoms with Gasteiger partial charge >= 0.3 is 0 Å². The van der Waals surface area contributed by atoms with Gasteiger partial charge in [0.1, 0.15) is 5.69 Å². The molecule has 0 spiro atoms. The summed E-state index contributed by atoms with van der Waals surface area (Å²) in [4.78, 5) is 12.8. The van der Waals surface area contributed by atoms with E-state index in [1.54, 1.807) is 13.1 Å². The van der Waals surface area contributed by atoms with Gasteiger partial charge in [-0.25, -0.2) is 0 Å². The molecule has 1 aromatic carbocycles. The number of hydrogen-bond donors (Lipinski definition) is 1. The molecule has 19 heavy (non-hydrogen) atoms. The van der Waals surface area contributed by atoms with Gasteiger partial charge in [-0.2, -0.15) is 0 Å². The molecule has 0 aliphatic carbocycles. The van der Waals surface area contributed by atoms with Crippen LogP contribution in [0, 0.1) is 10.1 Å². The number of nitrogens with zero attached hydrogens (tertiary/aromatic N) is 2. The maximum absolute atomic E-state index is 10.9. The molecule has 1 heterocycles. The third-order valence-corrected chi connectivity index (χ3v) is 3.42. The number of nitro groups is 1. The van der Waals surface area contributed by atoms with E-state index in [4.69, 9.17) is 0 Å². The lowest BCUT2D eigenvalue weighted by atomic mass is 10.2. The smallest absolute Gasteiger partial charge is 0.292 e. The van der Waals surface area contributed by atoms with E-state index in [0.29, 0.717) is 5.69 Å². The topological polar surface area (TPSA) is 58.4 Å². The Balaban J connectivity index is 0.00000180. The van der Waals surface area contributed by atoms with Crippen molar-refractivity contribution in [2.45, 2.75) is 25.7 Å². The number of halogens is 1. The molecule has 0 atom stereocenters. The highest BCUT2D eigenvalue weighted by Crippen LogP contribution is 2.30. The molecular formula is C13H20ClN3O2. The number of benzene rings is 1. The summed E-state index contributed by atoms with van der Waals surface area (Å²) < 4.78 is 0. The van der Waals surface area contributed by atoms with Crippen LogP contribution in [0.3, 0.4) is 0 Å². The second-order valence-electron chi connectivity index (χ2n) is 4.61. The SMILES string of the molecule is CNc1cc(N2CCCCCC2)ccc1[N+](=O)[O-].Cl. The van der Waals surface area contributed by atoms with Gasteiger partial charge in [0.15, 0.2) is 0 Å². The molecular weight excluding hydrogens is 266 g/mol. The van der Waals surface area contributed by atoms with Gasteiger partial charge in [0.05, 0.1) is 4.92 Å². The Hall–Kier alpha value is -1.49. The van der Waals surface area contributed by atoms with Gasteiger partial charge in [-0.05, 0) is 25.0 Å². The predicted molar refractivity (Wildman–Crippen MR) is 80.6 cm³/mol. The first-order valence-electron chi connectivity index (χ1n) is 6.43. The Bertz CT molecular complexity index is 432. The van der Waals surface area contributed by atoms with Gasteiger partial charge in [0, 0.05) is 31.9 Å². The van der Waals surface area contributed by atoms with Crippen LogP contribution < -0.4 is 10.2 Å². The van der Waals surface area contributed by atoms with E-state index in [1.807, 2.05) is 12.1 Å². The fourth-order valence-electron chi connectivity index (χ4n) is 2.41. The average molecular weight is 286 g/mol. The Labute approximate surface area is 119 Å². The zero-order chi connectivity index (χ0) is 13.0. The summed E-state index contributed by atoms with van der Waals surface area (Å²) in [5.41, 5.74) is 1.80. The lowest BCUT2D eigenvalue weighted by Crippen LogP contribution is -2.23. The Morgan fingerprint density at radius 3 is 2.37 bits per heavy atom. The molecule has 5 nitrogen and oxygen atoms in total. The lowest BCUT2D eigenvalue weighted by molar-refractivity contribution is -0.383. The summed E-state index contributed by atoms with van der Waals surface area (Å²) in [6.45, 7) is 2.09. The molecule has 2 rings (SSSR count). The molecule has 0 amide bonds. The number of hydrogen-bond acceptors (Lipinski definition) is 4. The number of rotatable bonds is 3.